The molecule has 0 aromatic carbocycles. The second kappa shape index (κ2) is 3.40. The molecular formula is C8H15NO. The zero-order valence-corrected chi connectivity index (χ0v) is 7.14. The molecule has 0 spiro atoms. The van der Waals surface area contributed by atoms with E-state index in [0.717, 1.165) is 5.70 Å². The van der Waals surface area contributed by atoms with Crippen LogP contribution in [0.25, 0.3) is 0 Å². The van der Waals surface area contributed by atoms with Crippen molar-refractivity contribution in [2.75, 3.05) is 7.11 Å². The fourth-order valence-electron chi connectivity index (χ4n) is 0.310. The van der Waals surface area contributed by atoms with Gasteiger partial charge in [-0.2, -0.15) is 0 Å². The Morgan fingerprint density at radius 1 is 1.50 bits per heavy atom. The predicted octanol–water partition coefficient (Wildman–Crippen LogP) is 2.22. The van der Waals surface area contributed by atoms with Crippen molar-refractivity contribution in [3.05, 3.63) is 12.3 Å². The summed E-state index contributed by atoms with van der Waals surface area (Å²) in [5, 5.41) is 0. The van der Waals surface area contributed by atoms with E-state index in [1.165, 1.54) is 6.40 Å². The van der Waals surface area contributed by atoms with Gasteiger partial charge in [0.15, 0.2) is 6.40 Å². The summed E-state index contributed by atoms with van der Waals surface area (Å²) in [5.41, 5.74) is 0.865. The molecule has 2 nitrogen and oxygen atoms in total. The molecule has 0 unspecified atom stereocenters. The number of aliphatic imine (C=N–C) groups is 1. The standard InChI is InChI=1S/C8H15NO/c1-7(8(2,3)4)9-6-10-5/h6H,1H2,2-5H3. The fraction of sp³-hybridized carbons (Fsp3) is 0.625. The smallest absolute Gasteiger partial charge is 0.173 e. The Balaban J connectivity index is 3.98. The van der Waals surface area contributed by atoms with E-state index in [9.17, 15) is 0 Å². The number of methoxy groups -OCH3 is 1. The molecule has 0 saturated heterocycles. The van der Waals surface area contributed by atoms with Crippen LogP contribution in [-0.2, 0) is 4.74 Å². The molecule has 0 aliphatic heterocycles. The maximum absolute atomic E-state index is 4.66. The SMILES string of the molecule is C=C(N=COC)C(C)(C)C. The van der Waals surface area contributed by atoms with Crippen LogP contribution in [0, 0.1) is 5.41 Å². The Labute approximate surface area is 62.6 Å². The van der Waals surface area contributed by atoms with Crippen LogP contribution < -0.4 is 0 Å². The summed E-state index contributed by atoms with van der Waals surface area (Å²) in [4.78, 5) is 3.97. The summed E-state index contributed by atoms with van der Waals surface area (Å²) < 4.78 is 4.66. The molecule has 58 valence electrons. The zero-order chi connectivity index (χ0) is 8.20. The Kier molecular flexibility index (Phi) is 3.13. The largest absolute Gasteiger partial charge is 0.486 e. The molecule has 2 heteroatoms. The Morgan fingerprint density at radius 3 is 2.30 bits per heavy atom. The van der Waals surface area contributed by atoms with Gasteiger partial charge in [-0.05, 0) is 0 Å². The maximum Gasteiger partial charge on any atom is 0.173 e. The summed E-state index contributed by atoms with van der Waals surface area (Å²) in [6.45, 7) is 9.96. The molecule has 0 saturated carbocycles. The van der Waals surface area contributed by atoms with Crippen LogP contribution in [0.3, 0.4) is 0 Å². The Hall–Kier alpha value is -0.790. The number of hydrogen-bond acceptors (Lipinski definition) is 2. The Bertz CT molecular complexity index is 142. The minimum atomic E-state index is 0.0367. The molecule has 0 N–H and O–H groups in total. The number of rotatable bonds is 2. The normalized spacial score (nSPS) is 12.0. The van der Waals surface area contributed by atoms with Gasteiger partial charge in [-0.15, -0.1) is 0 Å². The topological polar surface area (TPSA) is 21.6 Å². The van der Waals surface area contributed by atoms with Gasteiger partial charge in [0.25, 0.3) is 0 Å². The highest BCUT2D eigenvalue weighted by Crippen LogP contribution is 2.23. The molecule has 0 aromatic rings. The number of allylic oxidation sites excluding steroid dienone is 1. The summed E-state index contributed by atoms with van der Waals surface area (Å²) >= 11 is 0. The van der Waals surface area contributed by atoms with Crippen LogP contribution in [0.2, 0.25) is 0 Å². The quantitative estimate of drug-likeness (QED) is 0.427. The van der Waals surface area contributed by atoms with Gasteiger partial charge >= 0.3 is 0 Å². The highest BCUT2D eigenvalue weighted by Gasteiger charge is 2.12. The third-order valence-electron chi connectivity index (χ3n) is 1.18. The van der Waals surface area contributed by atoms with Gasteiger partial charge in [0.2, 0.25) is 0 Å². The molecule has 0 atom stereocenters. The van der Waals surface area contributed by atoms with Crippen molar-refractivity contribution in [2.24, 2.45) is 10.4 Å². The molecule has 10 heavy (non-hydrogen) atoms. The van der Waals surface area contributed by atoms with Crippen molar-refractivity contribution in [1.82, 2.24) is 0 Å². The van der Waals surface area contributed by atoms with Gasteiger partial charge in [-0.1, -0.05) is 27.4 Å². The first-order valence-corrected chi connectivity index (χ1v) is 3.23. The van der Waals surface area contributed by atoms with E-state index in [2.05, 4.69) is 37.1 Å². The molecule has 0 radical (unpaired) electrons. The third kappa shape index (κ3) is 3.28. The maximum atomic E-state index is 4.66. The molecule has 0 amide bonds. The van der Waals surface area contributed by atoms with Crippen LogP contribution in [0.5, 0.6) is 0 Å². The van der Waals surface area contributed by atoms with Crippen molar-refractivity contribution in [3.8, 4) is 0 Å². The number of nitrogens with zero attached hydrogens (tertiary/aromatic N) is 1. The fourth-order valence-corrected chi connectivity index (χ4v) is 0.310. The summed E-state index contributed by atoms with van der Waals surface area (Å²) in [6.07, 6.45) is 1.40. The van der Waals surface area contributed by atoms with E-state index >= 15 is 0 Å². The minimum Gasteiger partial charge on any atom is -0.486 e. The van der Waals surface area contributed by atoms with Crippen molar-refractivity contribution in [2.45, 2.75) is 20.8 Å². The van der Waals surface area contributed by atoms with Crippen molar-refractivity contribution >= 4 is 6.40 Å². The van der Waals surface area contributed by atoms with Gasteiger partial charge in [0.1, 0.15) is 0 Å². The van der Waals surface area contributed by atoms with E-state index in [1.807, 2.05) is 0 Å². The first kappa shape index (κ1) is 9.21. The van der Waals surface area contributed by atoms with Crippen molar-refractivity contribution in [3.63, 3.8) is 0 Å². The number of hydrogen-bond donors (Lipinski definition) is 0. The van der Waals surface area contributed by atoms with E-state index < -0.39 is 0 Å². The lowest BCUT2D eigenvalue weighted by atomic mass is 9.93. The van der Waals surface area contributed by atoms with Gasteiger partial charge < -0.3 is 4.74 Å². The average molecular weight is 141 g/mol. The summed E-state index contributed by atoms with van der Waals surface area (Å²) in [5.74, 6) is 0. The molecular weight excluding hydrogens is 126 g/mol. The molecule has 0 heterocycles. The third-order valence-corrected chi connectivity index (χ3v) is 1.18. The lowest BCUT2D eigenvalue weighted by Gasteiger charge is -2.16. The zero-order valence-electron chi connectivity index (χ0n) is 7.14. The lowest BCUT2D eigenvalue weighted by Crippen LogP contribution is -2.06. The first-order valence-electron chi connectivity index (χ1n) is 3.23. The Morgan fingerprint density at radius 2 is 2.00 bits per heavy atom. The summed E-state index contributed by atoms with van der Waals surface area (Å²) in [7, 11) is 1.57. The van der Waals surface area contributed by atoms with Crippen molar-refractivity contribution < 1.29 is 4.74 Å². The van der Waals surface area contributed by atoms with Crippen molar-refractivity contribution in [1.29, 1.82) is 0 Å². The first-order chi connectivity index (χ1) is 4.48. The van der Waals surface area contributed by atoms with Crippen LogP contribution in [0.4, 0.5) is 0 Å². The lowest BCUT2D eigenvalue weighted by molar-refractivity contribution is 0.417. The van der Waals surface area contributed by atoms with Crippen LogP contribution in [0.15, 0.2) is 17.3 Å². The summed E-state index contributed by atoms with van der Waals surface area (Å²) in [6, 6.07) is 0. The average Bonchev–Trinajstić information content (AvgIpc) is 1.80. The molecule has 0 fully saturated rings. The van der Waals surface area contributed by atoms with E-state index in [0.29, 0.717) is 0 Å². The van der Waals surface area contributed by atoms with Crippen LogP contribution >= 0.6 is 0 Å². The highest BCUT2D eigenvalue weighted by molar-refractivity contribution is 5.48. The molecule has 0 aromatic heterocycles. The number of ether oxygens (including phenoxy) is 1. The molecule has 0 rings (SSSR count). The van der Waals surface area contributed by atoms with E-state index in [1.54, 1.807) is 7.11 Å². The highest BCUT2D eigenvalue weighted by atomic mass is 16.5. The van der Waals surface area contributed by atoms with E-state index in [4.69, 9.17) is 0 Å². The van der Waals surface area contributed by atoms with Crippen LogP contribution in [-0.4, -0.2) is 13.5 Å². The molecule has 0 bridgehead atoms. The van der Waals surface area contributed by atoms with Gasteiger partial charge in [0, 0.05) is 11.1 Å². The van der Waals surface area contributed by atoms with Crippen LogP contribution in [0.1, 0.15) is 20.8 Å². The minimum absolute atomic E-state index is 0.0367. The van der Waals surface area contributed by atoms with Gasteiger partial charge in [-0.3, -0.25) is 0 Å². The van der Waals surface area contributed by atoms with Gasteiger partial charge in [0.05, 0.1) is 7.11 Å². The van der Waals surface area contributed by atoms with Gasteiger partial charge in [-0.25, -0.2) is 4.99 Å². The second-order valence-corrected chi connectivity index (χ2v) is 3.17. The van der Waals surface area contributed by atoms with E-state index in [-0.39, 0.29) is 5.41 Å². The molecule has 0 aliphatic rings. The second-order valence-electron chi connectivity index (χ2n) is 3.17. The monoisotopic (exact) mass is 141 g/mol. The molecule has 0 aliphatic carbocycles. The predicted molar refractivity (Wildman–Crippen MR) is 44.1 cm³/mol.